The number of anilines is 1. The molecule has 0 amide bonds. The van der Waals surface area contributed by atoms with Crippen molar-refractivity contribution in [2.24, 2.45) is 5.73 Å². The molecule has 0 bridgehead atoms. The lowest BCUT2D eigenvalue weighted by Gasteiger charge is -2.20. The Bertz CT molecular complexity index is 534. The molecule has 2 aromatic rings. The number of halogens is 1. The smallest absolute Gasteiger partial charge is 0.123 e. The molecule has 0 spiro atoms. The summed E-state index contributed by atoms with van der Waals surface area (Å²) in [6, 6.07) is 15.0. The molecular weight excluding hydrogens is 251 g/mol. The van der Waals surface area contributed by atoms with Gasteiger partial charge in [-0.25, -0.2) is 4.39 Å². The average Bonchev–Trinajstić information content (AvgIpc) is 2.49. The summed E-state index contributed by atoms with van der Waals surface area (Å²) in [6.07, 6.45) is 0.935. The largest absolute Gasteiger partial charge is 0.370 e. The van der Waals surface area contributed by atoms with Gasteiger partial charge in [-0.05, 0) is 41.8 Å². The van der Waals surface area contributed by atoms with E-state index in [1.165, 1.54) is 12.1 Å². The fourth-order valence-corrected chi connectivity index (χ4v) is 2.17. The van der Waals surface area contributed by atoms with E-state index >= 15 is 0 Å². The molecule has 0 saturated heterocycles. The van der Waals surface area contributed by atoms with Crippen LogP contribution in [-0.2, 0) is 6.54 Å². The maximum absolute atomic E-state index is 12.9. The summed E-state index contributed by atoms with van der Waals surface area (Å²) in [5.41, 5.74) is 9.38. The fourth-order valence-electron chi connectivity index (χ4n) is 2.17. The molecule has 0 fully saturated rings. The minimum absolute atomic E-state index is 0.103. The highest BCUT2D eigenvalue weighted by atomic mass is 19.1. The predicted octanol–water partition coefficient (Wildman–Crippen LogP) is 3.87. The van der Waals surface area contributed by atoms with Gasteiger partial charge in [-0.3, -0.25) is 0 Å². The van der Waals surface area contributed by atoms with Crippen LogP contribution in [0, 0.1) is 5.82 Å². The maximum Gasteiger partial charge on any atom is 0.123 e. The van der Waals surface area contributed by atoms with Gasteiger partial charge < -0.3 is 10.6 Å². The Kier molecular flexibility index (Phi) is 4.74. The quantitative estimate of drug-likeness (QED) is 0.895. The Balaban J connectivity index is 2.05. The van der Waals surface area contributed by atoms with E-state index in [1.807, 2.05) is 19.2 Å². The number of rotatable bonds is 5. The second kappa shape index (κ2) is 6.53. The first-order chi connectivity index (χ1) is 9.60. The van der Waals surface area contributed by atoms with E-state index in [-0.39, 0.29) is 11.9 Å². The number of nitrogens with two attached hydrogens (primary N) is 1. The second-order valence-corrected chi connectivity index (χ2v) is 5.09. The van der Waals surface area contributed by atoms with Gasteiger partial charge in [0, 0.05) is 25.3 Å². The lowest BCUT2D eigenvalue weighted by atomic mass is 10.1. The summed E-state index contributed by atoms with van der Waals surface area (Å²) >= 11 is 0. The summed E-state index contributed by atoms with van der Waals surface area (Å²) in [4.78, 5) is 2.13. The van der Waals surface area contributed by atoms with Crippen molar-refractivity contribution in [3.05, 3.63) is 65.5 Å². The zero-order chi connectivity index (χ0) is 14.5. The molecule has 3 heteroatoms. The van der Waals surface area contributed by atoms with Gasteiger partial charge in [0.2, 0.25) is 0 Å². The van der Waals surface area contributed by atoms with Crippen LogP contribution in [-0.4, -0.2) is 7.05 Å². The van der Waals surface area contributed by atoms with Crippen molar-refractivity contribution in [1.82, 2.24) is 0 Å². The van der Waals surface area contributed by atoms with Crippen LogP contribution in [0.2, 0.25) is 0 Å². The Morgan fingerprint density at radius 1 is 1.05 bits per heavy atom. The van der Waals surface area contributed by atoms with E-state index in [4.69, 9.17) is 5.73 Å². The van der Waals surface area contributed by atoms with E-state index < -0.39 is 0 Å². The molecule has 0 heterocycles. The van der Waals surface area contributed by atoms with Gasteiger partial charge in [-0.15, -0.1) is 0 Å². The molecule has 2 rings (SSSR count). The molecule has 20 heavy (non-hydrogen) atoms. The van der Waals surface area contributed by atoms with E-state index in [2.05, 4.69) is 36.1 Å². The van der Waals surface area contributed by atoms with Crippen molar-refractivity contribution in [3.63, 3.8) is 0 Å². The average molecular weight is 272 g/mol. The van der Waals surface area contributed by atoms with Gasteiger partial charge >= 0.3 is 0 Å². The molecule has 0 radical (unpaired) electrons. The van der Waals surface area contributed by atoms with Crippen LogP contribution >= 0.6 is 0 Å². The van der Waals surface area contributed by atoms with Crippen LogP contribution in [0.25, 0.3) is 0 Å². The fraction of sp³-hybridized carbons (Fsp3) is 0.294. The Morgan fingerprint density at radius 2 is 1.65 bits per heavy atom. The summed E-state index contributed by atoms with van der Waals surface area (Å²) in [6.45, 7) is 2.83. The molecule has 2 nitrogen and oxygen atoms in total. The van der Waals surface area contributed by atoms with E-state index in [9.17, 15) is 4.39 Å². The summed E-state index contributed by atoms with van der Waals surface area (Å²) in [5, 5.41) is 0. The molecule has 0 aromatic heterocycles. The van der Waals surface area contributed by atoms with Gasteiger partial charge in [0.1, 0.15) is 5.82 Å². The molecule has 1 unspecified atom stereocenters. The van der Waals surface area contributed by atoms with E-state index in [0.717, 1.165) is 29.8 Å². The van der Waals surface area contributed by atoms with Crippen molar-refractivity contribution in [2.75, 3.05) is 11.9 Å². The molecule has 0 aliphatic rings. The Hall–Kier alpha value is -1.87. The summed E-state index contributed by atoms with van der Waals surface area (Å²) in [5.74, 6) is -0.200. The van der Waals surface area contributed by atoms with Gasteiger partial charge in [-0.1, -0.05) is 31.2 Å². The zero-order valence-electron chi connectivity index (χ0n) is 12.0. The van der Waals surface area contributed by atoms with Crippen molar-refractivity contribution in [2.45, 2.75) is 25.9 Å². The van der Waals surface area contributed by atoms with Crippen LogP contribution in [0.1, 0.15) is 30.5 Å². The van der Waals surface area contributed by atoms with Crippen LogP contribution in [0.4, 0.5) is 10.1 Å². The van der Waals surface area contributed by atoms with Gasteiger partial charge in [0.25, 0.3) is 0 Å². The number of hydrogen-bond acceptors (Lipinski definition) is 2. The first-order valence-electron chi connectivity index (χ1n) is 6.91. The Morgan fingerprint density at radius 3 is 2.20 bits per heavy atom. The van der Waals surface area contributed by atoms with Crippen molar-refractivity contribution in [1.29, 1.82) is 0 Å². The zero-order valence-corrected chi connectivity index (χ0v) is 12.0. The summed E-state index contributed by atoms with van der Waals surface area (Å²) in [7, 11) is 2.03. The molecular formula is C17H21FN2. The molecule has 2 N–H and O–H groups in total. The monoisotopic (exact) mass is 272 g/mol. The van der Waals surface area contributed by atoms with E-state index in [1.54, 1.807) is 0 Å². The van der Waals surface area contributed by atoms with Gasteiger partial charge in [0.05, 0.1) is 0 Å². The molecule has 0 aliphatic carbocycles. The number of benzene rings is 2. The third-order valence-electron chi connectivity index (χ3n) is 3.53. The second-order valence-electron chi connectivity index (χ2n) is 5.09. The minimum Gasteiger partial charge on any atom is -0.370 e. The Labute approximate surface area is 120 Å². The van der Waals surface area contributed by atoms with Gasteiger partial charge in [-0.2, -0.15) is 0 Å². The third kappa shape index (κ3) is 3.58. The molecule has 0 aliphatic heterocycles. The molecule has 0 saturated carbocycles. The molecule has 1 atom stereocenters. The lowest BCUT2D eigenvalue weighted by molar-refractivity contribution is 0.627. The normalized spacial score (nSPS) is 12.2. The van der Waals surface area contributed by atoms with Crippen molar-refractivity contribution in [3.8, 4) is 0 Å². The van der Waals surface area contributed by atoms with Crippen molar-refractivity contribution < 1.29 is 4.39 Å². The van der Waals surface area contributed by atoms with E-state index in [0.29, 0.717) is 0 Å². The third-order valence-corrected chi connectivity index (χ3v) is 3.53. The van der Waals surface area contributed by atoms with Crippen LogP contribution < -0.4 is 10.6 Å². The summed E-state index contributed by atoms with van der Waals surface area (Å²) < 4.78 is 12.9. The van der Waals surface area contributed by atoms with Gasteiger partial charge in [0.15, 0.2) is 0 Å². The topological polar surface area (TPSA) is 29.3 Å². The maximum atomic E-state index is 12.9. The first kappa shape index (κ1) is 14.5. The van der Waals surface area contributed by atoms with Crippen LogP contribution in [0.3, 0.4) is 0 Å². The van der Waals surface area contributed by atoms with Crippen molar-refractivity contribution >= 4 is 5.69 Å². The van der Waals surface area contributed by atoms with Crippen LogP contribution in [0.15, 0.2) is 48.5 Å². The molecule has 2 aromatic carbocycles. The highest BCUT2D eigenvalue weighted by Gasteiger charge is 2.05. The number of hydrogen-bond donors (Lipinski definition) is 1. The first-order valence-corrected chi connectivity index (χ1v) is 6.91. The standard InChI is InChI=1S/C17H21FN2/c1-3-17(19)14-6-10-16(11-7-14)20(2)12-13-4-8-15(18)9-5-13/h4-11,17H,3,12,19H2,1-2H3. The van der Waals surface area contributed by atoms with Crippen LogP contribution in [0.5, 0.6) is 0 Å². The lowest BCUT2D eigenvalue weighted by Crippen LogP contribution is -2.16. The highest BCUT2D eigenvalue weighted by Crippen LogP contribution is 2.20. The highest BCUT2D eigenvalue weighted by molar-refractivity contribution is 5.47. The number of nitrogens with zero attached hydrogens (tertiary/aromatic N) is 1. The molecule has 106 valence electrons. The minimum atomic E-state index is -0.200. The SMILES string of the molecule is CCC(N)c1ccc(N(C)Cc2ccc(F)cc2)cc1. The predicted molar refractivity (Wildman–Crippen MR) is 82.2 cm³/mol.